The van der Waals surface area contributed by atoms with Crippen LogP contribution in [0, 0.1) is 11.3 Å². The van der Waals surface area contributed by atoms with E-state index in [1.54, 1.807) is 0 Å². The van der Waals surface area contributed by atoms with Crippen molar-refractivity contribution < 1.29 is 4.79 Å². The molecule has 0 bridgehead atoms. The van der Waals surface area contributed by atoms with Crippen molar-refractivity contribution in [1.82, 2.24) is 9.97 Å². The monoisotopic (exact) mass is 342 g/mol. The van der Waals surface area contributed by atoms with Crippen molar-refractivity contribution >= 4 is 23.4 Å². The molecule has 0 aliphatic carbocycles. The van der Waals surface area contributed by atoms with Crippen LogP contribution < -0.4 is 10.9 Å². The molecule has 1 amide bonds. The van der Waals surface area contributed by atoms with Crippen LogP contribution in [0.2, 0.25) is 0 Å². The first-order chi connectivity index (χ1) is 11.6. The maximum Gasteiger partial charge on any atom is 0.269 e. The molecule has 0 atom stereocenters. The van der Waals surface area contributed by atoms with Gasteiger partial charge in [-0.05, 0) is 30.5 Å². The zero-order valence-corrected chi connectivity index (χ0v) is 14.4. The lowest BCUT2D eigenvalue weighted by atomic mass is 10.1. The third-order valence-electron chi connectivity index (χ3n) is 3.41. The first-order valence-corrected chi connectivity index (χ1v) is 8.60. The van der Waals surface area contributed by atoms with Crippen molar-refractivity contribution in [2.45, 2.75) is 31.8 Å². The minimum Gasteiger partial charge on any atom is -0.325 e. The van der Waals surface area contributed by atoms with Gasteiger partial charge in [-0.15, -0.1) is 0 Å². The van der Waals surface area contributed by atoms with E-state index in [1.165, 1.54) is 5.56 Å². The molecule has 124 valence electrons. The number of nitrogens with zero attached hydrogens (tertiary/aromatic N) is 2. The molecule has 24 heavy (non-hydrogen) atoms. The summed E-state index contributed by atoms with van der Waals surface area (Å²) in [6, 6.07) is 9.51. The number of aromatic nitrogens is 2. The van der Waals surface area contributed by atoms with Gasteiger partial charge in [-0.3, -0.25) is 9.59 Å². The largest absolute Gasteiger partial charge is 0.325 e. The van der Waals surface area contributed by atoms with Crippen LogP contribution in [0.25, 0.3) is 0 Å². The van der Waals surface area contributed by atoms with E-state index in [2.05, 4.69) is 22.2 Å². The standard InChI is InChI=1S/C17H18N4O2S/c1-3-11-5-7-12(8-6-11)19-15(22)10-24-17-20-14(4-2)13(9-18)16(23)21-17/h5-8H,3-4,10H2,1-2H3,(H,19,22)(H,20,21,23). The van der Waals surface area contributed by atoms with Gasteiger partial charge in [0.2, 0.25) is 5.91 Å². The molecule has 0 aliphatic rings. The van der Waals surface area contributed by atoms with Crippen LogP contribution in [0.3, 0.4) is 0 Å². The maximum absolute atomic E-state index is 12.0. The van der Waals surface area contributed by atoms with E-state index in [0.717, 1.165) is 23.9 Å². The van der Waals surface area contributed by atoms with E-state index >= 15 is 0 Å². The summed E-state index contributed by atoms with van der Waals surface area (Å²) >= 11 is 1.13. The number of anilines is 1. The summed E-state index contributed by atoms with van der Waals surface area (Å²) in [6.07, 6.45) is 1.43. The average molecular weight is 342 g/mol. The smallest absolute Gasteiger partial charge is 0.269 e. The lowest BCUT2D eigenvalue weighted by Gasteiger charge is -2.07. The molecule has 2 aromatic rings. The topological polar surface area (TPSA) is 98.6 Å². The Kier molecular flexibility index (Phi) is 6.15. The molecule has 0 unspecified atom stereocenters. The van der Waals surface area contributed by atoms with Gasteiger partial charge in [0.05, 0.1) is 11.4 Å². The quantitative estimate of drug-likeness (QED) is 0.621. The van der Waals surface area contributed by atoms with E-state index in [9.17, 15) is 9.59 Å². The first kappa shape index (κ1) is 17.8. The second-order valence-electron chi connectivity index (χ2n) is 5.05. The highest BCUT2D eigenvalue weighted by Crippen LogP contribution is 2.15. The highest BCUT2D eigenvalue weighted by atomic mass is 32.2. The van der Waals surface area contributed by atoms with Gasteiger partial charge in [-0.2, -0.15) is 5.26 Å². The Morgan fingerprint density at radius 1 is 1.29 bits per heavy atom. The van der Waals surface area contributed by atoms with Gasteiger partial charge >= 0.3 is 0 Å². The molecule has 2 rings (SSSR count). The minimum atomic E-state index is -0.470. The number of rotatable bonds is 6. The Bertz CT molecular complexity index is 822. The van der Waals surface area contributed by atoms with Gasteiger partial charge in [-0.25, -0.2) is 4.98 Å². The molecule has 0 spiro atoms. The molecule has 0 radical (unpaired) electrons. The fourth-order valence-corrected chi connectivity index (χ4v) is 2.77. The Morgan fingerprint density at radius 3 is 2.58 bits per heavy atom. The van der Waals surface area contributed by atoms with E-state index < -0.39 is 5.56 Å². The molecule has 1 aromatic heterocycles. The Morgan fingerprint density at radius 2 is 2.00 bits per heavy atom. The van der Waals surface area contributed by atoms with Gasteiger partial charge in [-0.1, -0.05) is 37.7 Å². The second-order valence-corrected chi connectivity index (χ2v) is 6.01. The number of H-pyrrole nitrogens is 1. The van der Waals surface area contributed by atoms with Crippen LogP contribution >= 0.6 is 11.8 Å². The summed E-state index contributed by atoms with van der Waals surface area (Å²) in [6.45, 7) is 3.89. The van der Waals surface area contributed by atoms with Crippen molar-refractivity contribution in [3.63, 3.8) is 0 Å². The van der Waals surface area contributed by atoms with Crippen molar-refractivity contribution in [3.8, 4) is 6.07 Å². The lowest BCUT2D eigenvalue weighted by Crippen LogP contribution is -2.18. The lowest BCUT2D eigenvalue weighted by molar-refractivity contribution is -0.113. The number of benzene rings is 1. The van der Waals surface area contributed by atoms with Crippen LogP contribution in [0.4, 0.5) is 5.69 Å². The number of thioether (sulfide) groups is 1. The molecule has 2 N–H and O–H groups in total. The van der Waals surface area contributed by atoms with Gasteiger partial charge in [0, 0.05) is 5.69 Å². The predicted octanol–water partition coefficient (Wildman–Crippen LogP) is 2.50. The Hall–Kier alpha value is -2.59. The van der Waals surface area contributed by atoms with E-state index in [1.807, 2.05) is 37.3 Å². The van der Waals surface area contributed by atoms with Crippen molar-refractivity contribution in [2.24, 2.45) is 0 Å². The van der Waals surface area contributed by atoms with Gasteiger partial charge < -0.3 is 10.3 Å². The van der Waals surface area contributed by atoms with E-state index in [0.29, 0.717) is 17.3 Å². The molecule has 0 saturated carbocycles. The number of nitriles is 1. The molecule has 1 aromatic carbocycles. The van der Waals surface area contributed by atoms with E-state index in [4.69, 9.17) is 5.26 Å². The summed E-state index contributed by atoms with van der Waals surface area (Å²) in [5.41, 5.74) is 1.94. The van der Waals surface area contributed by atoms with Gasteiger partial charge in [0.15, 0.2) is 5.16 Å². The summed E-state index contributed by atoms with van der Waals surface area (Å²) in [5, 5.41) is 12.1. The Balaban J connectivity index is 2.00. The molecule has 0 fully saturated rings. The van der Waals surface area contributed by atoms with Crippen LogP contribution in [0.5, 0.6) is 0 Å². The average Bonchev–Trinajstić information content (AvgIpc) is 2.60. The molecular formula is C17H18N4O2S. The van der Waals surface area contributed by atoms with Crippen molar-refractivity contribution in [2.75, 3.05) is 11.1 Å². The molecule has 0 aliphatic heterocycles. The fourth-order valence-electron chi connectivity index (χ4n) is 2.09. The van der Waals surface area contributed by atoms with Crippen molar-refractivity contribution in [3.05, 3.63) is 51.4 Å². The third-order valence-corrected chi connectivity index (χ3v) is 4.28. The van der Waals surface area contributed by atoms with Crippen LogP contribution in [0.15, 0.2) is 34.2 Å². The SMILES string of the molecule is CCc1ccc(NC(=O)CSc2nc(CC)c(C#N)c(=O)[nH]2)cc1. The molecule has 0 saturated heterocycles. The molecule has 7 heteroatoms. The van der Waals surface area contributed by atoms with Crippen LogP contribution in [-0.2, 0) is 17.6 Å². The number of aromatic amines is 1. The fraction of sp³-hybridized carbons (Fsp3) is 0.294. The number of carbonyl (C=O) groups excluding carboxylic acids is 1. The zero-order chi connectivity index (χ0) is 17.5. The molecular weight excluding hydrogens is 324 g/mol. The maximum atomic E-state index is 12.0. The van der Waals surface area contributed by atoms with Crippen LogP contribution in [-0.4, -0.2) is 21.6 Å². The molecule has 1 heterocycles. The van der Waals surface area contributed by atoms with Crippen molar-refractivity contribution in [1.29, 1.82) is 5.26 Å². The summed E-state index contributed by atoms with van der Waals surface area (Å²) in [4.78, 5) is 30.6. The minimum absolute atomic E-state index is 0.0299. The third kappa shape index (κ3) is 4.46. The summed E-state index contributed by atoms with van der Waals surface area (Å²) in [7, 11) is 0. The van der Waals surface area contributed by atoms with Gasteiger partial charge in [0.1, 0.15) is 11.6 Å². The van der Waals surface area contributed by atoms with E-state index in [-0.39, 0.29) is 17.2 Å². The first-order valence-electron chi connectivity index (χ1n) is 7.62. The number of hydrogen-bond acceptors (Lipinski definition) is 5. The number of aryl methyl sites for hydroxylation is 2. The van der Waals surface area contributed by atoms with Crippen LogP contribution in [0.1, 0.15) is 30.7 Å². The molecule has 6 nitrogen and oxygen atoms in total. The second kappa shape index (κ2) is 8.31. The zero-order valence-electron chi connectivity index (χ0n) is 13.5. The number of carbonyl (C=O) groups is 1. The van der Waals surface area contributed by atoms with Gasteiger partial charge in [0.25, 0.3) is 5.56 Å². The number of nitrogens with one attached hydrogen (secondary N) is 2. The summed E-state index contributed by atoms with van der Waals surface area (Å²) < 4.78 is 0. The number of hydrogen-bond donors (Lipinski definition) is 2. The summed E-state index contributed by atoms with van der Waals surface area (Å²) in [5.74, 6) is -0.0673. The Labute approximate surface area is 144 Å². The highest BCUT2D eigenvalue weighted by molar-refractivity contribution is 7.99. The predicted molar refractivity (Wildman–Crippen MR) is 94.1 cm³/mol. The number of amides is 1. The highest BCUT2D eigenvalue weighted by Gasteiger charge is 2.11. The normalized spacial score (nSPS) is 10.2.